The summed E-state index contributed by atoms with van der Waals surface area (Å²) in [5.41, 5.74) is 1.23. The number of rotatable bonds is 5. The highest BCUT2D eigenvalue weighted by Crippen LogP contribution is 2.19. The highest BCUT2D eigenvalue weighted by molar-refractivity contribution is 5.76. The minimum absolute atomic E-state index is 0.218. The van der Waals surface area contributed by atoms with E-state index in [2.05, 4.69) is 12.1 Å². The topological polar surface area (TPSA) is 29.5 Å². The van der Waals surface area contributed by atoms with Gasteiger partial charge in [-0.15, -0.1) is 0 Å². The molecular formula is C20H23NO2. The predicted molar refractivity (Wildman–Crippen MR) is 91.4 cm³/mol. The van der Waals surface area contributed by atoms with Crippen LogP contribution in [0.15, 0.2) is 60.7 Å². The van der Waals surface area contributed by atoms with Crippen LogP contribution in [-0.4, -0.2) is 30.0 Å². The molecule has 120 valence electrons. The number of likely N-dealkylation sites (tertiary alicyclic amines) is 1. The summed E-state index contributed by atoms with van der Waals surface area (Å²) in [4.78, 5) is 14.3. The number of carbonyl (C=O) groups is 1. The fraction of sp³-hybridized carbons (Fsp3) is 0.350. The van der Waals surface area contributed by atoms with Gasteiger partial charge in [-0.3, -0.25) is 4.79 Å². The molecule has 0 bridgehead atoms. The van der Waals surface area contributed by atoms with Crippen molar-refractivity contribution in [1.82, 2.24) is 4.90 Å². The molecule has 3 nitrogen and oxygen atoms in total. The molecule has 0 atom stereocenters. The first kappa shape index (κ1) is 15.6. The van der Waals surface area contributed by atoms with Gasteiger partial charge in [0, 0.05) is 32.4 Å². The van der Waals surface area contributed by atoms with E-state index in [0.717, 1.165) is 38.1 Å². The molecule has 2 aromatic rings. The van der Waals surface area contributed by atoms with Gasteiger partial charge >= 0.3 is 0 Å². The summed E-state index contributed by atoms with van der Waals surface area (Å²) in [6.07, 6.45) is 3.45. The molecule has 1 fully saturated rings. The number of hydrogen-bond acceptors (Lipinski definition) is 2. The van der Waals surface area contributed by atoms with Crippen molar-refractivity contribution in [1.29, 1.82) is 0 Å². The van der Waals surface area contributed by atoms with E-state index in [9.17, 15) is 4.79 Å². The third-order valence-corrected chi connectivity index (χ3v) is 4.31. The number of ether oxygens (including phenoxy) is 1. The standard InChI is InChI=1S/C20H23NO2/c22-20(12-11-17-7-3-1-4-8-17)21-15-13-19(14-16-21)23-18-9-5-2-6-10-18/h1-10,19H,11-16H2. The van der Waals surface area contributed by atoms with E-state index in [1.165, 1.54) is 5.56 Å². The van der Waals surface area contributed by atoms with E-state index >= 15 is 0 Å². The van der Waals surface area contributed by atoms with Gasteiger partial charge in [0.05, 0.1) is 0 Å². The molecule has 0 aromatic heterocycles. The third-order valence-electron chi connectivity index (χ3n) is 4.31. The molecule has 1 heterocycles. The quantitative estimate of drug-likeness (QED) is 0.843. The first-order valence-electron chi connectivity index (χ1n) is 8.34. The molecule has 2 aromatic carbocycles. The maximum atomic E-state index is 12.3. The number of amides is 1. The van der Waals surface area contributed by atoms with Gasteiger partial charge in [0.15, 0.2) is 0 Å². The minimum Gasteiger partial charge on any atom is -0.490 e. The van der Waals surface area contributed by atoms with Crippen LogP contribution in [0.1, 0.15) is 24.8 Å². The number of para-hydroxylation sites is 1. The Kier molecular flexibility index (Phi) is 5.30. The van der Waals surface area contributed by atoms with Crippen LogP contribution >= 0.6 is 0 Å². The van der Waals surface area contributed by atoms with Gasteiger partial charge in [-0.1, -0.05) is 48.5 Å². The molecule has 0 N–H and O–H groups in total. The van der Waals surface area contributed by atoms with E-state index in [1.54, 1.807) is 0 Å². The minimum atomic E-state index is 0.218. The van der Waals surface area contributed by atoms with Crippen LogP contribution in [0, 0.1) is 0 Å². The number of nitrogens with zero attached hydrogens (tertiary/aromatic N) is 1. The summed E-state index contributed by atoms with van der Waals surface area (Å²) in [5.74, 6) is 1.17. The number of aryl methyl sites for hydroxylation is 1. The fourth-order valence-corrected chi connectivity index (χ4v) is 2.97. The number of carbonyl (C=O) groups excluding carboxylic acids is 1. The molecule has 1 aliphatic rings. The van der Waals surface area contributed by atoms with E-state index in [1.807, 2.05) is 53.4 Å². The second kappa shape index (κ2) is 7.82. The van der Waals surface area contributed by atoms with Gasteiger partial charge in [-0.05, 0) is 24.1 Å². The summed E-state index contributed by atoms with van der Waals surface area (Å²) in [7, 11) is 0. The Morgan fingerprint density at radius 2 is 1.57 bits per heavy atom. The summed E-state index contributed by atoms with van der Waals surface area (Å²) in [5, 5.41) is 0. The second-order valence-corrected chi connectivity index (χ2v) is 6.00. The van der Waals surface area contributed by atoms with Gasteiger partial charge in [-0.2, -0.15) is 0 Å². The maximum Gasteiger partial charge on any atom is 0.222 e. The normalized spacial score (nSPS) is 15.4. The maximum absolute atomic E-state index is 12.3. The van der Waals surface area contributed by atoms with Crippen molar-refractivity contribution >= 4 is 5.91 Å². The summed E-state index contributed by atoms with van der Waals surface area (Å²) < 4.78 is 5.97. The van der Waals surface area contributed by atoms with Crippen LogP contribution in [0.3, 0.4) is 0 Å². The van der Waals surface area contributed by atoms with Crippen molar-refractivity contribution in [3.63, 3.8) is 0 Å². The number of hydrogen-bond donors (Lipinski definition) is 0. The van der Waals surface area contributed by atoms with Crippen molar-refractivity contribution in [2.45, 2.75) is 31.8 Å². The number of benzene rings is 2. The van der Waals surface area contributed by atoms with Crippen LogP contribution < -0.4 is 4.74 Å². The highest BCUT2D eigenvalue weighted by atomic mass is 16.5. The van der Waals surface area contributed by atoms with Crippen LogP contribution in [-0.2, 0) is 11.2 Å². The molecule has 1 aliphatic heterocycles. The number of piperidine rings is 1. The summed E-state index contributed by atoms with van der Waals surface area (Å²) in [6, 6.07) is 20.1. The highest BCUT2D eigenvalue weighted by Gasteiger charge is 2.23. The van der Waals surface area contributed by atoms with Gasteiger partial charge < -0.3 is 9.64 Å². The molecule has 0 spiro atoms. The van der Waals surface area contributed by atoms with Crippen LogP contribution in [0.5, 0.6) is 5.75 Å². The molecule has 0 unspecified atom stereocenters. The van der Waals surface area contributed by atoms with E-state index in [-0.39, 0.29) is 12.0 Å². The van der Waals surface area contributed by atoms with E-state index in [0.29, 0.717) is 6.42 Å². The molecule has 0 aliphatic carbocycles. The average molecular weight is 309 g/mol. The second-order valence-electron chi connectivity index (χ2n) is 6.00. The van der Waals surface area contributed by atoms with Crippen LogP contribution in [0.25, 0.3) is 0 Å². The Balaban J connectivity index is 1.42. The largest absolute Gasteiger partial charge is 0.490 e. The van der Waals surface area contributed by atoms with Crippen LogP contribution in [0.2, 0.25) is 0 Å². The van der Waals surface area contributed by atoms with Gasteiger partial charge in [0.2, 0.25) is 5.91 Å². The van der Waals surface area contributed by atoms with Crippen molar-refractivity contribution in [2.75, 3.05) is 13.1 Å². The Bertz CT molecular complexity index is 604. The fourth-order valence-electron chi connectivity index (χ4n) is 2.97. The first-order valence-corrected chi connectivity index (χ1v) is 8.34. The molecule has 1 amide bonds. The molecular weight excluding hydrogens is 286 g/mol. The molecule has 23 heavy (non-hydrogen) atoms. The molecule has 1 saturated heterocycles. The van der Waals surface area contributed by atoms with Crippen molar-refractivity contribution in [3.8, 4) is 5.75 Å². The molecule has 0 saturated carbocycles. The van der Waals surface area contributed by atoms with Crippen molar-refractivity contribution in [3.05, 3.63) is 66.2 Å². The van der Waals surface area contributed by atoms with Crippen molar-refractivity contribution in [2.24, 2.45) is 0 Å². The monoisotopic (exact) mass is 309 g/mol. The smallest absolute Gasteiger partial charge is 0.222 e. The Labute approximate surface area is 137 Å². The van der Waals surface area contributed by atoms with E-state index < -0.39 is 0 Å². The SMILES string of the molecule is O=C(CCc1ccccc1)N1CCC(Oc2ccccc2)CC1. The van der Waals surface area contributed by atoms with Gasteiger partial charge in [-0.25, -0.2) is 0 Å². The van der Waals surface area contributed by atoms with E-state index in [4.69, 9.17) is 4.74 Å². The zero-order valence-electron chi connectivity index (χ0n) is 13.4. The predicted octanol–water partition coefficient (Wildman–Crippen LogP) is 3.69. The van der Waals surface area contributed by atoms with Crippen LogP contribution in [0.4, 0.5) is 0 Å². The lowest BCUT2D eigenvalue weighted by atomic mass is 10.1. The molecule has 3 rings (SSSR count). The average Bonchev–Trinajstić information content (AvgIpc) is 2.62. The van der Waals surface area contributed by atoms with Crippen molar-refractivity contribution < 1.29 is 9.53 Å². The first-order chi connectivity index (χ1) is 11.3. The van der Waals surface area contributed by atoms with Gasteiger partial charge in [0.1, 0.15) is 11.9 Å². The zero-order valence-corrected chi connectivity index (χ0v) is 13.4. The molecule has 0 radical (unpaired) electrons. The Morgan fingerprint density at radius 1 is 0.957 bits per heavy atom. The zero-order chi connectivity index (χ0) is 15.9. The summed E-state index contributed by atoms with van der Waals surface area (Å²) >= 11 is 0. The molecule has 3 heteroatoms. The summed E-state index contributed by atoms with van der Waals surface area (Å²) in [6.45, 7) is 1.59. The third kappa shape index (κ3) is 4.59. The lowest BCUT2D eigenvalue weighted by Crippen LogP contribution is -2.41. The Morgan fingerprint density at radius 3 is 2.22 bits per heavy atom. The Hall–Kier alpha value is -2.29. The van der Waals surface area contributed by atoms with Gasteiger partial charge in [0.25, 0.3) is 0 Å². The lowest BCUT2D eigenvalue weighted by Gasteiger charge is -2.32. The lowest BCUT2D eigenvalue weighted by molar-refractivity contribution is -0.132.